The standard InChI is InChI=1S/C49H85N2O6P/c1-6-8-10-12-13-14-15-16-17-18-19-20-21-22-23-24-25-26-27-28-29-30-31-32-33-34-35-36-37-39-41-43-49(53)50-47(48(52)42-40-38-11-9-7-2)46-57-58(54,55)56-45-44-51(3,4)5/h8,10,13-14,16-17,19-20,22-23,25-26,28-29,31-32,47-48,52H,6-7,9,11-12,15,18,21,24,27,30,33-46H2,1-5H3,(H-,50,53,54,55)/p+1/b10-8-,14-13-,17-16-,20-19-,23-22-,26-25-,29-28-,32-31-. The van der Waals surface area contributed by atoms with Crippen LogP contribution in [0.15, 0.2) is 97.2 Å². The Bertz CT molecular complexity index is 1260. The van der Waals surface area contributed by atoms with Crippen molar-refractivity contribution in [2.45, 2.75) is 167 Å². The SMILES string of the molecule is CC/C=C\C/C=C\C/C=C\C/C=C\C/C=C\C/C=C\C/C=C\C/C=C\CCCCCCCCC(=O)NC(COP(=O)(O)OCC[N+](C)(C)C)C(O)CCCCCCC. The molecule has 0 fully saturated rings. The number of phosphoric acid groups is 1. The van der Waals surface area contributed by atoms with Gasteiger partial charge in [-0.05, 0) is 77.0 Å². The number of carbonyl (C=O) groups excluding carboxylic acids is 1. The van der Waals surface area contributed by atoms with Crippen LogP contribution >= 0.6 is 7.82 Å². The van der Waals surface area contributed by atoms with Crippen LogP contribution in [0.25, 0.3) is 0 Å². The number of carbonyl (C=O) groups is 1. The van der Waals surface area contributed by atoms with Gasteiger partial charge in [-0.1, -0.05) is 169 Å². The van der Waals surface area contributed by atoms with E-state index in [-0.39, 0.29) is 19.1 Å². The minimum Gasteiger partial charge on any atom is -0.391 e. The summed E-state index contributed by atoms with van der Waals surface area (Å²) >= 11 is 0. The second kappa shape index (κ2) is 39.9. The summed E-state index contributed by atoms with van der Waals surface area (Å²) in [5.41, 5.74) is 0. The molecule has 0 heterocycles. The fraction of sp³-hybridized carbons (Fsp3) is 0.653. The molecular weight excluding hydrogens is 744 g/mol. The summed E-state index contributed by atoms with van der Waals surface area (Å²) in [5.74, 6) is -0.172. The summed E-state index contributed by atoms with van der Waals surface area (Å²) in [6.45, 7) is 4.63. The topological polar surface area (TPSA) is 105 Å². The number of aliphatic hydroxyl groups excluding tert-OH is 1. The van der Waals surface area contributed by atoms with Crippen molar-refractivity contribution in [2.24, 2.45) is 0 Å². The molecule has 0 aliphatic heterocycles. The van der Waals surface area contributed by atoms with Crippen LogP contribution in [-0.4, -0.2) is 73.4 Å². The lowest BCUT2D eigenvalue weighted by molar-refractivity contribution is -0.870. The van der Waals surface area contributed by atoms with E-state index in [1.54, 1.807) is 0 Å². The molecule has 0 aromatic heterocycles. The van der Waals surface area contributed by atoms with Crippen LogP contribution in [-0.2, 0) is 18.4 Å². The molecule has 0 saturated heterocycles. The van der Waals surface area contributed by atoms with E-state index in [1.165, 1.54) is 12.8 Å². The first-order valence-corrected chi connectivity index (χ1v) is 24.1. The number of nitrogens with zero attached hydrogens (tertiary/aromatic N) is 1. The molecule has 9 heteroatoms. The van der Waals surface area contributed by atoms with E-state index in [4.69, 9.17) is 9.05 Å². The summed E-state index contributed by atoms with van der Waals surface area (Å²) in [7, 11) is 1.58. The van der Waals surface area contributed by atoms with Gasteiger partial charge < -0.3 is 19.8 Å². The highest BCUT2D eigenvalue weighted by molar-refractivity contribution is 7.47. The minimum atomic E-state index is -4.31. The van der Waals surface area contributed by atoms with Crippen LogP contribution in [0.1, 0.15) is 155 Å². The van der Waals surface area contributed by atoms with E-state index < -0.39 is 20.0 Å². The van der Waals surface area contributed by atoms with Gasteiger partial charge in [0.05, 0.1) is 39.9 Å². The smallest absolute Gasteiger partial charge is 0.391 e. The largest absolute Gasteiger partial charge is 0.472 e. The minimum absolute atomic E-state index is 0.0649. The van der Waals surface area contributed by atoms with E-state index in [2.05, 4.69) is 116 Å². The molecule has 332 valence electrons. The van der Waals surface area contributed by atoms with Crippen molar-refractivity contribution in [3.8, 4) is 0 Å². The fourth-order valence-electron chi connectivity index (χ4n) is 5.76. The number of hydrogen-bond donors (Lipinski definition) is 3. The zero-order chi connectivity index (χ0) is 42.8. The first kappa shape index (κ1) is 55.4. The highest BCUT2D eigenvalue weighted by Crippen LogP contribution is 2.43. The van der Waals surface area contributed by atoms with Crippen molar-refractivity contribution in [2.75, 3.05) is 40.9 Å². The second-order valence-corrected chi connectivity index (χ2v) is 17.5. The molecule has 1 amide bonds. The Balaban J connectivity index is 4.08. The maximum absolute atomic E-state index is 12.8. The third-order valence-corrected chi connectivity index (χ3v) is 10.3. The Morgan fingerprint density at radius 3 is 1.52 bits per heavy atom. The lowest BCUT2D eigenvalue weighted by atomic mass is 10.0. The van der Waals surface area contributed by atoms with E-state index in [9.17, 15) is 19.4 Å². The van der Waals surface area contributed by atoms with Gasteiger partial charge in [-0.15, -0.1) is 0 Å². The number of nitrogens with one attached hydrogen (secondary N) is 1. The number of aliphatic hydroxyl groups is 1. The summed E-state index contributed by atoms with van der Waals surface area (Å²) in [4.78, 5) is 22.9. The van der Waals surface area contributed by atoms with Gasteiger partial charge in [0.25, 0.3) is 0 Å². The average molecular weight is 830 g/mol. The van der Waals surface area contributed by atoms with Gasteiger partial charge in [0.2, 0.25) is 5.91 Å². The van der Waals surface area contributed by atoms with Crippen molar-refractivity contribution in [3.63, 3.8) is 0 Å². The fourth-order valence-corrected chi connectivity index (χ4v) is 6.50. The van der Waals surface area contributed by atoms with Gasteiger partial charge >= 0.3 is 7.82 Å². The normalized spacial score (nSPS) is 15.2. The third-order valence-electron chi connectivity index (χ3n) is 9.35. The lowest BCUT2D eigenvalue weighted by Gasteiger charge is -2.26. The Morgan fingerprint density at radius 2 is 1.03 bits per heavy atom. The van der Waals surface area contributed by atoms with Crippen molar-refractivity contribution in [1.29, 1.82) is 0 Å². The lowest BCUT2D eigenvalue weighted by Crippen LogP contribution is -2.46. The molecular formula is C49H86N2O6P+. The van der Waals surface area contributed by atoms with Gasteiger partial charge in [-0.25, -0.2) is 4.57 Å². The Morgan fingerprint density at radius 1 is 0.603 bits per heavy atom. The number of rotatable bonds is 39. The molecule has 0 bridgehead atoms. The van der Waals surface area contributed by atoms with E-state index in [0.717, 1.165) is 116 Å². The molecule has 58 heavy (non-hydrogen) atoms. The summed E-state index contributed by atoms with van der Waals surface area (Å²) in [6, 6.07) is -0.771. The highest BCUT2D eigenvalue weighted by atomic mass is 31.2. The zero-order valence-corrected chi connectivity index (χ0v) is 38.4. The predicted molar refractivity (Wildman–Crippen MR) is 249 cm³/mol. The second-order valence-electron chi connectivity index (χ2n) is 16.0. The average Bonchev–Trinajstić information content (AvgIpc) is 3.17. The Labute approximate surface area is 356 Å². The van der Waals surface area contributed by atoms with Gasteiger partial charge in [0, 0.05) is 6.42 Å². The third kappa shape index (κ3) is 41.6. The Hall–Kier alpha value is -2.58. The first-order chi connectivity index (χ1) is 28.0. The number of phosphoric ester groups is 1. The molecule has 3 N–H and O–H groups in total. The molecule has 3 atom stereocenters. The molecule has 0 aromatic carbocycles. The molecule has 0 rings (SSSR count). The molecule has 0 spiro atoms. The molecule has 0 aliphatic carbocycles. The quantitative estimate of drug-likeness (QED) is 0.0247. The van der Waals surface area contributed by atoms with Crippen LogP contribution in [0.3, 0.4) is 0 Å². The van der Waals surface area contributed by atoms with E-state index >= 15 is 0 Å². The van der Waals surface area contributed by atoms with Crippen LogP contribution in [0.2, 0.25) is 0 Å². The number of quaternary nitrogens is 1. The van der Waals surface area contributed by atoms with Crippen molar-refractivity contribution >= 4 is 13.7 Å². The number of unbranched alkanes of at least 4 members (excludes halogenated alkanes) is 10. The van der Waals surface area contributed by atoms with Crippen molar-refractivity contribution < 1.29 is 32.9 Å². The zero-order valence-electron chi connectivity index (χ0n) is 37.5. The van der Waals surface area contributed by atoms with Gasteiger partial charge in [-0.3, -0.25) is 13.8 Å². The van der Waals surface area contributed by atoms with Gasteiger partial charge in [-0.2, -0.15) is 0 Å². The number of hydrogen-bond acceptors (Lipinski definition) is 5. The molecule has 0 aliphatic rings. The molecule has 8 nitrogen and oxygen atoms in total. The van der Waals surface area contributed by atoms with Gasteiger partial charge in [0.15, 0.2) is 0 Å². The van der Waals surface area contributed by atoms with Crippen LogP contribution in [0.5, 0.6) is 0 Å². The molecule has 3 unspecified atom stereocenters. The summed E-state index contributed by atoms with van der Waals surface area (Å²) in [6.07, 6.45) is 56.3. The predicted octanol–water partition coefficient (Wildman–Crippen LogP) is 12.7. The first-order valence-electron chi connectivity index (χ1n) is 22.6. The van der Waals surface area contributed by atoms with E-state index in [0.29, 0.717) is 23.9 Å². The van der Waals surface area contributed by atoms with Crippen molar-refractivity contribution in [3.05, 3.63) is 97.2 Å². The monoisotopic (exact) mass is 830 g/mol. The number of allylic oxidation sites excluding steroid dienone is 16. The molecule has 0 aromatic rings. The van der Waals surface area contributed by atoms with Crippen LogP contribution < -0.4 is 5.32 Å². The number of amides is 1. The van der Waals surface area contributed by atoms with Gasteiger partial charge in [0.1, 0.15) is 13.2 Å². The van der Waals surface area contributed by atoms with Crippen LogP contribution in [0, 0.1) is 0 Å². The summed E-state index contributed by atoms with van der Waals surface area (Å²) in [5, 5.41) is 13.7. The maximum Gasteiger partial charge on any atom is 0.472 e. The van der Waals surface area contributed by atoms with Crippen molar-refractivity contribution in [1.82, 2.24) is 5.32 Å². The number of likely N-dealkylation sites (N-methyl/N-ethyl adjacent to an activating group) is 1. The van der Waals surface area contributed by atoms with E-state index in [1.807, 2.05) is 21.1 Å². The summed E-state index contributed by atoms with van der Waals surface area (Å²) < 4.78 is 23.4. The highest BCUT2D eigenvalue weighted by Gasteiger charge is 2.28. The van der Waals surface area contributed by atoms with Crippen LogP contribution in [0.4, 0.5) is 0 Å². The molecule has 0 radical (unpaired) electrons. The molecule has 0 saturated carbocycles. The Kier molecular flexibility index (Phi) is 38.1. The maximum atomic E-state index is 12.8.